The van der Waals surface area contributed by atoms with Gasteiger partial charge in [0.2, 0.25) is 0 Å². The molecule has 76 valence electrons. The van der Waals surface area contributed by atoms with E-state index in [4.69, 9.17) is 0 Å². The molecule has 1 aliphatic carbocycles. The van der Waals surface area contributed by atoms with Crippen molar-refractivity contribution < 1.29 is 4.39 Å². The Bertz CT molecular complexity index is 290. The van der Waals surface area contributed by atoms with Gasteiger partial charge in [-0.15, -0.1) is 0 Å². The maximum Gasteiger partial charge on any atom is 0.123 e. The quantitative estimate of drug-likeness (QED) is 0.680. The molecule has 0 bridgehead atoms. The molecule has 2 rings (SSSR count). The van der Waals surface area contributed by atoms with Gasteiger partial charge in [-0.1, -0.05) is 31.9 Å². The maximum absolute atomic E-state index is 12.7. The molecule has 0 spiro atoms. The zero-order valence-corrected chi connectivity index (χ0v) is 8.72. The first-order valence-electron chi connectivity index (χ1n) is 5.49. The summed E-state index contributed by atoms with van der Waals surface area (Å²) in [5.74, 6) is -0.132. The Balaban J connectivity index is 2.06. The van der Waals surface area contributed by atoms with Crippen molar-refractivity contribution in [2.75, 3.05) is 0 Å². The van der Waals surface area contributed by atoms with Gasteiger partial charge in [-0.05, 0) is 42.4 Å². The van der Waals surface area contributed by atoms with Crippen LogP contribution in [0.5, 0.6) is 0 Å². The zero-order chi connectivity index (χ0) is 10.0. The van der Waals surface area contributed by atoms with Crippen LogP contribution in [0.25, 0.3) is 0 Å². The van der Waals surface area contributed by atoms with Gasteiger partial charge < -0.3 is 0 Å². The average Bonchev–Trinajstić information content (AvgIpc) is 2.15. The van der Waals surface area contributed by atoms with Gasteiger partial charge in [-0.3, -0.25) is 0 Å². The third kappa shape index (κ3) is 1.82. The van der Waals surface area contributed by atoms with E-state index in [1.807, 2.05) is 12.1 Å². The average molecular weight is 192 g/mol. The van der Waals surface area contributed by atoms with Gasteiger partial charge >= 0.3 is 0 Å². The van der Waals surface area contributed by atoms with Crippen LogP contribution in [0.15, 0.2) is 24.3 Å². The first-order chi connectivity index (χ1) is 6.74. The van der Waals surface area contributed by atoms with Crippen LogP contribution in [-0.4, -0.2) is 0 Å². The lowest BCUT2D eigenvalue weighted by molar-refractivity contribution is 0.127. The Morgan fingerprint density at radius 2 is 1.86 bits per heavy atom. The highest BCUT2D eigenvalue weighted by molar-refractivity contribution is 5.18. The molecule has 1 saturated carbocycles. The first kappa shape index (κ1) is 9.70. The van der Waals surface area contributed by atoms with Crippen LogP contribution in [-0.2, 0) is 6.42 Å². The van der Waals surface area contributed by atoms with Crippen molar-refractivity contribution in [1.82, 2.24) is 0 Å². The molecule has 1 heteroatoms. The third-order valence-electron chi connectivity index (χ3n) is 3.66. The Kier molecular flexibility index (Phi) is 2.58. The van der Waals surface area contributed by atoms with E-state index in [2.05, 4.69) is 6.92 Å². The van der Waals surface area contributed by atoms with Gasteiger partial charge in [-0.25, -0.2) is 4.39 Å². The Labute approximate surface area is 85.1 Å². The first-order valence-corrected chi connectivity index (χ1v) is 5.49. The molecule has 0 radical (unpaired) electrons. The fourth-order valence-electron chi connectivity index (χ4n) is 2.37. The molecule has 1 aliphatic rings. The largest absolute Gasteiger partial charge is 0.207 e. The van der Waals surface area contributed by atoms with Gasteiger partial charge in [0.15, 0.2) is 0 Å². The summed E-state index contributed by atoms with van der Waals surface area (Å²) in [6.45, 7) is 2.27. The summed E-state index contributed by atoms with van der Waals surface area (Å²) in [6, 6.07) is 6.98. The highest BCUT2D eigenvalue weighted by atomic mass is 19.1. The molecule has 0 saturated heterocycles. The molecular formula is C13H17F. The predicted octanol–water partition coefficient (Wildman–Crippen LogP) is 3.95. The topological polar surface area (TPSA) is 0 Å². The minimum Gasteiger partial charge on any atom is -0.207 e. The summed E-state index contributed by atoms with van der Waals surface area (Å²) in [5.41, 5.74) is 1.82. The molecule has 14 heavy (non-hydrogen) atoms. The lowest BCUT2D eigenvalue weighted by atomic mass is 9.64. The zero-order valence-electron chi connectivity index (χ0n) is 8.72. The fraction of sp³-hybridized carbons (Fsp3) is 0.538. The van der Waals surface area contributed by atoms with E-state index >= 15 is 0 Å². The van der Waals surface area contributed by atoms with Crippen molar-refractivity contribution in [3.63, 3.8) is 0 Å². The molecule has 0 unspecified atom stereocenters. The second-order valence-electron chi connectivity index (χ2n) is 4.51. The Hall–Kier alpha value is -0.850. The molecule has 0 atom stereocenters. The Morgan fingerprint density at radius 3 is 2.29 bits per heavy atom. The van der Waals surface area contributed by atoms with Gasteiger partial charge in [-0.2, -0.15) is 0 Å². The van der Waals surface area contributed by atoms with E-state index in [1.54, 1.807) is 12.1 Å². The molecule has 1 fully saturated rings. The van der Waals surface area contributed by atoms with Crippen molar-refractivity contribution in [3.8, 4) is 0 Å². The predicted molar refractivity (Wildman–Crippen MR) is 56.7 cm³/mol. The van der Waals surface area contributed by atoms with Gasteiger partial charge in [0, 0.05) is 0 Å². The minimum absolute atomic E-state index is 0.132. The van der Waals surface area contributed by atoms with Crippen LogP contribution in [0.4, 0.5) is 4.39 Å². The van der Waals surface area contributed by atoms with Gasteiger partial charge in [0.1, 0.15) is 5.82 Å². The molecule has 0 aromatic heterocycles. The summed E-state index contributed by atoms with van der Waals surface area (Å²) < 4.78 is 12.7. The third-order valence-corrected chi connectivity index (χ3v) is 3.66. The van der Waals surface area contributed by atoms with E-state index in [0.717, 1.165) is 6.42 Å². The summed E-state index contributed by atoms with van der Waals surface area (Å²) >= 11 is 0. The monoisotopic (exact) mass is 192 g/mol. The minimum atomic E-state index is -0.132. The van der Waals surface area contributed by atoms with Crippen molar-refractivity contribution >= 4 is 0 Å². The van der Waals surface area contributed by atoms with E-state index < -0.39 is 0 Å². The standard InChI is InChI=1S/C13H17F/c1-2-13(8-3-9-13)10-11-4-6-12(14)7-5-11/h4-7H,2-3,8-10H2,1H3. The number of benzene rings is 1. The van der Waals surface area contributed by atoms with E-state index in [1.165, 1.54) is 31.2 Å². The molecule has 0 N–H and O–H groups in total. The van der Waals surface area contributed by atoms with Crippen LogP contribution in [0.2, 0.25) is 0 Å². The highest BCUT2D eigenvalue weighted by Crippen LogP contribution is 2.46. The molecule has 0 aliphatic heterocycles. The number of hydrogen-bond acceptors (Lipinski definition) is 0. The van der Waals surface area contributed by atoms with Crippen molar-refractivity contribution in [2.45, 2.75) is 39.0 Å². The van der Waals surface area contributed by atoms with E-state index in [0.29, 0.717) is 5.41 Å². The summed E-state index contributed by atoms with van der Waals surface area (Å²) in [6.07, 6.45) is 6.45. The smallest absolute Gasteiger partial charge is 0.123 e. The molecule has 1 aromatic carbocycles. The van der Waals surface area contributed by atoms with E-state index in [9.17, 15) is 4.39 Å². The van der Waals surface area contributed by atoms with Crippen LogP contribution in [0.3, 0.4) is 0 Å². The molecular weight excluding hydrogens is 175 g/mol. The normalized spacial score (nSPS) is 19.0. The van der Waals surface area contributed by atoms with Gasteiger partial charge in [0.05, 0.1) is 0 Å². The molecule has 0 heterocycles. The Morgan fingerprint density at radius 1 is 1.21 bits per heavy atom. The fourth-order valence-corrected chi connectivity index (χ4v) is 2.37. The SMILES string of the molecule is CCC1(Cc2ccc(F)cc2)CCC1. The van der Waals surface area contributed by atoms with Crippen LogP contribution < -0.4 is 0 Å². The van der Waals surface area contributed by atoms with Crippen LogP contribution in [0.1, 0.15) is 38.2 Å². The van der Waals surface area contributed by atoms with Crippen LogP contribution in [0, 0.1) is 11.2 Å². The van der Waals surface area contributed by atoms with Gasteiger partial charge in [0.25, 0.3) is 0 Å². The maximum atomic E-state index is 12.7. The summed E-state index contributed by atoms with van der Waals surface area (Å²) in [7, 11) is 0. The number of hydrogen-bond donors (Lipinski definition) is 0. The van der Waals surface area contributed by atoms with E-state index in [-0.39, 0.29) is 5.82 Å². The summed E-state index contributed by atoms with van der Waals surface area (Å²) in [4.78, 5) is 0. The lowest BCUT2D eigenvalue weighted by Crippen LogP contribution is -2.30. The molecule has 1 aromatic rings. The van der Waals surface area contributed by atoms with Crippen molar-refractivity contribution in [2.24, 2.45) is 5.41 Å². The number of rotatable bonds is 3. The molecule has 0 nitrogen and oxygen atoms in total. The second-order valence-corrected chi connectivity index (χ2v) is 4.51. The van der Waals surface area contributed by atoms with Crippen molar-refractivity contribution in [3.05, 3.63) is 35.6 Å². The van der Waals surface area contributed by atoms with Crippen LogP contribution >= 0.6 is 0 Å². The number of halogens is 1. The summed E-state index contributed by atoms with van der Waals surface area (Å²) in [5, 5.41) is 0. The lowest BCUT2D eigenvalue weighted by Gasteiger charge is -2.41. The molecule has 0 amide bonds. The highest BCUT2D eigenvalue weighted by Gasteiger charge is 2.34. The van der Waals surface area contributed by atoms with Crippen molar-refractivity contribution in [1.29, 1.82) is 0 Å². The second kappa shape index (κ2) is 3.72.